The molecule has 0 aromatic heterocycles. The first-order valence-electron chi connectivity index (χ1n) is 2.98. The summed E-state index contributed by atoms with van der Waals surface area (Å²) in [5.74, 6) is -0.906. The standard InChI is InChI=1S/C6H13NO3/c1-6(7-2,4-10-3)5(8)9/h7H,4H2,1-3H3,(H,8,9). The largest absolute Gasteiger partial charge is 0.480 e. The molecule has 0 aliphatic carbocycles. The van der Waals surface area contributed by atoms with E-state index in [0.717, 1.165) is 0 Å². The van der Waals surface area contributed by atoms with Crippen molar-refractivity contribution in [2.75, 3.05) is 20.8 Å². The molecule has 10 heavy (non-hydrogen) atoms. The Balaban J connectivity index is 4.08. The number of likely N-dealkylation sites (N-methyl/N-ethyl adjacent to an activating group) is 1. The van der Waals surface area contributed by atoms with Gasteiger partial charge >= 0.3 is 5.97 Å². The maximum Gasteiger partial charge on any atom is 0.326 e. The fraction of sp³-hybridized carbons (Fsp3) is 0.833. The van der Waals surface area contributed by atoms with E-state index < -0.39 is 11.5 Å². The molecule has 0 spiro atoms. The monoisotopic (exact) mass is 147 g/mol. The van der Waals surface area contributed by atoms with Crippen molar-refractivity contribution in [2.45, 2.75) is 12.5 Å². The summed E-state index contributed by atoms with van der Waals surface area (Å²) in [4.78, 5) is 10.5. The highest BCUT2D eigenvalue weighted by atomic mass is 16.5. The Morgan fingerprint density at radius 2 is 2.30 bits per heavy atom. The van der Waals surface area contributed by atoms with Gasteiger partial charge in [0, 0.05) is 7.11 Å². The average Bonchev–Trinajstić information content (AvgIpc) is 1.88. The number of carbonyl (C=O) groups is 1. The zero-order valence-corrected chi connectivity index (χ0v) is 6.47. The van der Waals surface area contributed by atoms with Crippen LogP contribution in [-0.2, 0) is 9.53 Å². The number of aliphatic carboxylic acids is 1. The predicted octanol–water partition coefficient (Wildman–Crippen LogP) is -0.305. The summed E-state index contributed by atoms with van der Waals surface area (Å²) < 4.78 is 4.72. The Labute approximate surface area is 60.2 Å². The summed E-state index contributed by atoms with van der Waals surface area (Å²) >= 11 is 0. The molecule has 0 fully saturated rings. The van der Waals surface area contributed by atoms with E-state index in [-0.39, 0.29) is 6.61 Å². The Morgan fingerprint density at radius 3 is 2.40 bits per heavy atom. The van der Waals surface area contributed by atoms with Crippen LogP contribution in [0.1, 0.15) is 6.92 Å². The minimum Gasteiger partial charge on any atom is -0.480 e. The van der Waals surface area contributed by atoms with Crippen LogP contribution in [0.2, 0.25) is 0 Å². The summed E-state index contributed by atoms with van der Waals surface area (Å²) in [7, 11) is 3.06. The van der Waals surface area contributed by atoms with Gasteiger partial charge in [0.05, 0.1) is 6.61 Å². The second-order valence-electron chi connectivity index (χ2n) is 2.32. The number of hydrogen-bond acceptors (Lipinski definition) is 3. The van der Waals surface area contributed by atoms with Crippen LogP contribution in [0.15, 0.2) is 0 Å². The van der Waals surface area contributed by atoms with E-state index in [4.69, 9.17) is 9.84 Å². The Morgan fingerprint density at radius 1 is 1.80 bits per heavy atom. The van der Waals surface area contributed by atoms with Gasteiger partial charge in [-0.15, -0.1) is 0 Å². The van der Waals surface area contributed by atoms with Crippen LogP contribution >= 0.6 is 0 Å². The van der Waals surface area contributed by atoms with E-state index >= 15 is 0 Å². The van der Waals surface area contributed by atoms with Gasteiger partial charge < -0.3 is 15.2 Å². The van der Waals surface area contributed by atoms with Gasteiger partial charge in [0.1, 0.15) is 5.54 Å². The highest BCUT2D eigenvalue weighted by Gasteiger charge is 2.30. The van der Waals surface area contributed by atoms with Crippen molar-refractivity contribution < 1.29 is 14.6 Å². The summed E-state index contributed by atoms with van der Waals surface area (Å²) in [6, 6.07) is 0. The molecule has 1 unspecified atom stereocenters. The molecule has 0 aromatic rings. The molecule has 1 atom stereocenters. The number of nitrogens with one attached hydrogen (secondary N) is 1. The van der Waals surface area contributed by atoms with Gasteiger partial charge in [-0.1, -0.05) is 0 Å². The first-order chi connectivity index (χ1) is 4.56. The maximum absolute atomic E-state index is 10.5. The summed E-state index contributed by atoms with van der Waals surface area (Å²) in [6.07, 6.45) is 0. The summed E-state index contributed by atoms with van der Waals surface area (Å²) in [6.45, 7) is 1.73. The van der Waals surface area contributed by atoms with Crippen molar-refractivity contribution in [1.29, 1.82) is 0 Å². The number of carboxylic acid groups (broad SMARTS) is 1. The summed E-state index contributed by atoms with van der Waals surface area (Å²) in [5, 5.41) is 11.3. The SMILES string of the molecule is CNC(C)(COC)C(=O)O. The van der Waals surface area contributed by atoms with Crippen molar-refractivity contribution in [3.63, 3.8) is 0 Å². The minimum atomic E-state index is -0.964. The van der Waals surface area contributed by atoms with E-state index in [9.17, 15) is 4.79 Å². The minimum absolute atomic E-state index is 0.166. The zero-order chi connectivity index (χ0) is 8.20. The van der Waals surface area contributed by atoms with Gasteiger partial charge in [-0.25, -0.2) is 0 Å². The molecule has 0 rings (SSSR count). The number of ether oxygens (including phenoxy) is 1. The molecule has 0 amide bonds. The maximum atomic E-state index is 10.5. The number of methoxy groups -OCH3 is 1. The van der Waals surface area contributed by atoms with E-state index in [1.807, 2.05) is 0 Å². The second-order valence-corrected chi connectivity index (χ2v) is 2.32. The molecule has 4 nitrogen and oxygen atoms in total. The third-order valence-corrected chi connectivity index (χ3v) is 1.46. The van der Waals surface area contributed by atoms with E-state index in [0.29, 0.717) is 0 Å². The predicted molar refractivity (Wildman–Crippen MR) is 37.0 cm³/mol. The second kappa shape index (κ2) is 3.53. The summed E-state index contributed by atoms with van der Waals surface area (Å²) in [5.41, 5.74) is -0.964. The molecule has 0 heterocycles. The molecular formula is C6H13NO3. The van der Waals surface area contributed by atoms with Crippen LogP contribution in [0.5, 0.6) is 0 Å². The van der Waals surface area contributed by atoms with E-state index in [1.165, 1.54) is 7.11 Å². The molecule has 0 bridgehead atoms. The Kier molecular flexibility index (Phi) is 3.32. The highest BCUT2D eigenvalue weighted by Crippen LogP contribution is 2.02. The molecule has 0 saturated carbocycles. The van der Waals surface area contributed by atoms with Crippen LogP contribution in [0.25, 0.3) is 0 Å². The topological polar surface area (TPSA) is 58.6 Å². The van der Waals surface area contributed by atoms with Crippen LogP contribution in [0.4, 0.5) is 0 Å². The Hall–Kier alpha value is -0.610. The fourth-order valence-corrected chi connectivity index (χ4v) is 0.530. The Bertz CT molecular complexity index is 126. The number of carboxylic acids is 1. The molecule has 2 N–H and O–H groups in total. The number of rotatable bonds is 4. The average molecular weight is 147 g/mol. The van der Waals surface area contributed by atoms with Crippen LogP contribution in [0.3, 0.4) is 0 Å². The van der Waals surface area contributed by atoms with Crippen LogP contribution < -0.4 is 5.32 Å². The molecule has 0 aliphatic rings. The lowest BCUT2D eigenvalue weighted by molar-refractivity contribution is -0.146. The lowest BCUT2D eigenvalue weighted by Gasteiger charge is -2.22. The van der Waals surface area contributed by atoms with Crippen molar-refractivity contribution in [1.82, 2.24) is 5.32 Å². The van der Waals surface area contributed by atoms with Gasteiger partial charge in [-0.2, -0.15) is 0 Å². The van der Waals surface area contributed by atoms with Crippen LogP contribution in [0, 0.1) is 0 Å². The molecule has 0 saturated heterocycles. The van der Waals surface area contributed by atoms with Crippen molar-refractivity contribution in [3.8, 4) is 0 Å². The zero-order valence-electron chi connectivity index (χ0n) is 6.47. The van der Waals surface area contributed by atoms with E-state index in [2.05, 4.69) is 5.32 Å². The van der Waals surface area contributed by atoms with E-state index in [1.54, 1.807) is 14.0 Å². The van der Waals surface area contributed by atoms with Gasteiger partial charge in [0.2, 0.25) is 0 Å². The molecule has 0 aliphatic heterocycles. The highest BCUT2D eigenvalue weighted by molar-refractivity contribution is 5.78. The lowest BCUT2D eigenvalue weighted by atomic mass is 10.1. The molecule has 60 valence electrons. The quantitative estimate of drug-likeness (QED) is 0.573. The smallest absolute Gasteiger partial charge is 0.326 e. The van der Waals surface area contributed by atoms with Gasteiger partial charge in [0.25, 0.3) is 0 Å². The molecule has 4 heteroatoms. The molecule has 0 radical (unpaired) electrons. The fourth-order valence-electron chi connectivity index (χ4n) is 0.530. The van der Waals surface area contributed by atoms with Gasteiger partial charge in [-0.3, -0.25) is 4.79 Å². The van der Waals surface area contributed by atoms with Gasteiger partial charge in [-0.05, 0) is 14.0 Å². The molecular weight excluding hydrogens is 134 g/mol. The van der Waals surface area contributed by atoms with Crippen molar-refractivity contribution in [3.05, 3.63) is 0 Å². The van der Waals surface area contributed by atoms with Crippen LogP contribution in [-0.4, -0.2) is 37.4 Å². The molecule has 0 aromatic carbocycles. The lowest BCUT2D eigenvalue weighted by Crippen LogP contribution is -2.51. The normalized spacial score (nSPS) is 16.3. The number of hydrogen-bond donors (Lipinski definition) is 2. The third kappa shape index (κ3) is 1.97. The van der Waals surface area contributed by atoms with Crippen molar-refractivity contribution >= 4 is 5.97 Å². The first-order valence-corrected chi connectivity index (χ1v) is 2.98. The van der Waals surface area contributed by atoms with Gasteiger partial charge in [0.15, 0.2) is 0 Å². The van der Waals surface area contributed by atoms with Crippen molar-refractivity contribution in [2.24, 2.45) is 0 Å². The first kappa shape index (κ1) is 9.39. The third-order valence-electron chi connectivity index (χ3n) is 1.46.